The molecule has 2 heterocycles. The highest BCUT2D eigenvalue weighted by Crippen LogP contribution is 2.40. The largest absolute Gasteiger partial charge is 0.396 e. The predicted molar refractivity (Wildman–Crippen MR) is 96.5 cm³/mol. The highest BCUT2D eigenvalue weighted by atomic mass is 32.2. The summed E-state index contributed by atoms with van der Waals surface area (Å²) in [7, 11) is -3.53. The van der Waals surface area contributed by atoms with Crippen molar-refractivity contribution in [2.45, 2.75) is 4.90 Å². The van der Waals surface area contributed by atoms with Gasteiger partial charge in [-0.1, -0.05) is 42.5 Å². The standard InChI is InChI=1S/C19H22N2O3S/c22-14-19-12-20-10-17(19)11-21(13-19)25(23,24)18-8-6-16(7-9-18)15-4-2-1-3-5-15/h1-9,17,20,22H,10-14H2. The first-order valence-electron chi connectivity index (χ1n) is 8.52. The number of hydrogen-bond donors (Lipinski definition) is 2. The molecular weight excluding hydrogens is 336 g/mol. The van der Waals surface area contributed by atoms with Gasteiger partial charge in [0.15, 0.2) is 0 Å². The molecule has 0 amide bonds. The summed E-state index contributed by atoms with van der Waals surface area (Å²) in [6.45, 7) is 2.30. The molecule has 2 unspecified atom stereocenters. The smallest absolute Gasteiger partial charge is 0.243 e. The highest BCUT2D eigenvalue weighted by Gasteiger charge is 2.52. The number of fused-ring (bicyclic) bond motifs is 1. The van der Waals surface area contributed by atoms with Gasteiger partial charge in [0.25, 0.3) is 0 Å². The van der Waals surface area contributed by atoms with Crippen LogP contribution in [0.15, 0.2) is 59.5 Å². The van der Waals surface area contributed by atoms with Gasteiger partial charge in [-0.25, -0.2) is 8.42 Å². The average molecular weight is 358 g/mol. The van der Waals surface area contributed by atoms with E-state index in [1.165, 1.54) is 4.31 Å². The number of benzene rings is 2. The summed E-state index contributed by atoms with van der Waals surface area (Å²) in [4.78, 5) is 0.313. The van der Waals surface area contributed by atoms with E-state index in [0.717, 1.165) is 17.7 Å². The van der Waals surface area contributed by atoms with Crippen molar-refractivity contribution in [2.75, 3.05) is 32.8 Å². The maximum absolute atomic E-state index is 13.0. The summed E-state index contributed by atoms with van der Waals surface area (Å²) in [5.41, 5.74) is 1.72. The van der Waals surface area contributed by atoms with Crippen LogP contribution in [-0.2, 0) is 10.0 Å². The molecule has 0 spiro atoms. The molecule has 0 radical (unpaired) electrons. The van der Waals surface area contributed by atoms with Crippen molar-refractivity contribution in [1.29, 1.82) is 0 Å². The third-order valence-corrected chi connectivity index (χ3v) is 7.39. The number of aliphatic hydroxyl groups is 1. The number of nitrogens with zero attached hydrogens (tertiary/aromatic N) is 1. The fraction of sp³-hybridized carbons (Fsp3) is 0.368. The van der Waals surface area contributed by atoms with Gasteiger partial charge in [-0.2, -0.15) is 4.31 Å². The zero-order valence-electron chi connectivity index (χ0n) is 13.9. The second kappa shape index (κ2) is 6.21. The number of rotatable bonds is 4. The Balaban J connectivity index is 1.59. The van der Waals surface area contributed by atoms with Crippen LogP contribution in [0.2, 0.25) is 0 Å². The number of sulfonamides is 1. The van der Waals surface area contributed by atoms with Gasteiger partial charge in [0.05, 0.1) is 11.5 Å². The molecule has 2 aromatic rings. The van der Waals surface area contributed by atoms with Gasteiger partial charge < -0.3 is 10.4 Å². The lowest BCUT2D eigenvalue weighted by molar-refractivity contribution is 0.130. The zero-order valence-corrected chi connectivity index (χ0v) is 14.7. The van der Waals surface area contributed by atoms with Gasteiger partial charge in [0.2, 0.25) is 10.0 Å². The van der Waals surface area contributed by atoms with Gasteiger partial charge >= 0.3 is 0 Å². The van der Waals surface area contributed by atoms with Gasteiger partial charge in [0.1, 0.15) is 0 Å². The van der Waals surface area contributed by atoms with Gasteiger partial charge in [0, 0.05) is 25.0 Å². The Hall–Kier alpha value is -1.73. The SMILES string of the molecule is O=S(=O)(c1ccc(-c2ccccc2)cc1)N1CC2CNCC2(CO)C1. The van der Waals surface area contributed by atoms with Crippen molar-refractivity contribution < 1.29 is 13.5 Å². The van der Waals surface area contributed by atoms with E-state index in [-0.39, 0.29) is 17.9 Å². The van der Waals surface area contributed by atoms with Crippen LogP contribution in [-0.4, -0.2) is 50.6 Å². The highest BCUT2D eigenvalue weighted by molar-refractivity contribution is 7.89. The number of hydrogen-bond acceptors (Lipinski definition) is 4. The minimum Gasteiger partial charge on any atom is -0.396 e. The summed E-state index contributed by atoms with van der Waals surface area (Å²) in [6.07, 6.45) is 0. The maximum atomic E-state index is 13.0. The molecule has 2 aromatic carbocycles. The molecule has 25 heavy (non-hydrogen) atoms. The molecule has 2 aliphatic heterocycles. The molecule has 5 nitrogen and oxygen atoms in total. The molecular formula is C19H22N2O3S. The first-order chi connectivity index (χ1) is 12.0. The van der Waals surface area contributed by atoms with E-state index in [9.17, 15) is 13.5 Å². The van der Waals surface area contributed by atoms with E-state index >= 15 is 0 Å². The van der Waals surface area contributed by atoms with Crippen LogP contribution in [0.5, 0.6) is 0 Å². The molecule has 0 aromatic heterocycles. The van der Waals surface area contributed by atoms with Gasteiger partial charge in [-0.05, 0) is 35.7 Å². The van der Waals surface area contributed by atoms with Crippen LogP contribution in [0.1, 0.15) is 0 Å². The van der Waals surface area contributed by atoms with E-state index in [4.69, 9.17) is 0 Å². The van der Waals surface area contributed by atoms with Crippen LogP contribution in [0, 0.1) is 11.3 Å². The van der Waals surface area contributed by atoms with Crippen LogP contribution in [0.25, 0.3) is 11.1 Å². The Morgan fingerprint density at radius 2 is 1.76 bits per heavy atom. The Kier molecular flexibility index (Phi) is 4.16. The number of nitrogens with one attached hydrogen (secondary N) is 1. The summed E-state index contributed by atoms with van der Waals surface area (Å²) in [5, 5.41) is 13.1. The molecule has 2 atom stereocenters. The predicted octanol–water partition coefficient (Wildman–Crippen LogP) is 1.56. The fourth-order valence-corrected chi connectivity index (χ4v) is 5.56. The third-order valence-electron chi connectivity index (χ3n) is 5.56. The molecule has 4 rings (SSSR count). The third kappa shape index (κ3) is 2.79. The average Bonchev–Trinajstić information content (AvgIpc) is 3.20. The molecule has 0 bridgehead atoms. The van der Waals surface area contributed by atoms with E-state index in [1.807, 2.05) is 42.5 Å². The number of aliphatic hydroxyl groups excluding tert-OH is 1. The van der Waals surface area contributed by atoms with Crippen molar-refractivity contribution in [3.8, 4) is 11.1 Å². The summed E-state index contributed by atoms with van der Waals surface area (Å²) in [5.74, 6) is 0.177. The molecule has 0 aliphatic carbocycles. The van der Waals surface area contributed by atoms with E-state index in [1.54, 1.807) is 12.1 Å². The van der Waals surface area contributed by atoms with Crippen LogP contribution in [0.4, 0.5) is 0 Å². The molecule has 2 aliphatic rings. The van der Waals surface area contributed by atoms with Gasteiger partial charge in [-0.3, -0.25) is 0 Å². The maximum Gasteiger partial charge on any atom is 0.243 e. The Morgan fingerprint density at radius 1 is 1.08 bits per heavy atom. The quantitative estimate of drug-likeness (QED) is 0.870. The molecule has 2 fully saturated rings. The topological polar surface area (TPSA) is 69.6 Å². The summed E-state index contributed by atoms with van der Waals surface area (Å²) < 4.78 is 27.5. The molecule has 2 saturated heterocycles. The minimum absolute atomic E-state index is 0.0175. The van der Waals surface area contributed by atoms with Gasteiger partial charge in [-0.15, -0.1) is 0 Å². The lowest BCUT2D eigenvalue weighted by atomic mass is 9.82. The minimum atomic E-state index is -3.53. The lowest BCUT2D eigenvalue weighted by Crippen LogP contribution is -2.37. The summed E-state index contributed by atoms with van der Waals surface area (Å²) in [6, 6.07) is 16.9. The molecule has 6 heteroatoms. The van der Waals surface area contributed by atoms with Crippen molar-refractivity contribution in [1.82, 2.24) is 9.62 Å². The van der Waals surface area contributed by atoms with Crippen molar-refractivity contribution in [3.05, 3.63) is 54.6 Å². The first-order valence-corrected chi connectivity index (χ1v) is 9.96. The normalized spacial score (nSPS) is 26.7. The first kappa shape index (κ1) is 16.7. The van der Waals surface area contributed by atoms with E-state index in [2.05, 4.69) is 5.32 Å². The Bertz CT molecular complexity index is 852. The van der Waals surface area contributed by atoms with E-state index < -0.39 is 10.0 Å². The monoisotopic (exact) mass is 358 g/mol. The van der Waals surface area contributed by atoms with Crippen LogP contribution < -0.4 is 5.32 Å². The Labute approximate surface area is 148 Å². The Morgan fingerprint density at radius 3 is 2.40 bits per heavy atom. The second-order valence-corrected chi connectivity index (χ2v) is 8.97. The molecule has 2 N–H and O–H groups in total. The lowest BCUT2D eigenvalue weighted by Gasteiger charge is -2.25. The second-order valence-electron chi connectivity index (χ2n) is 7.04. The van der Waals surface area contributed by atoms with Crippen molar-refractivity contribution in [3.63, 3.8) is 0 Å². The zero-order chi connectivity index (χ0) is 17.5. The molecule has 0 saturated carbocycles. The van der Waals surface area contributed by atoms with Crippen LogP contribution >= 0.6 is 0 Å². The van der Waals surface area contributed by atoms with Crippen molar-refractivity contribution in [2.24, 2.45) is 11.3 Å². The molecule has 132 valence electrons. The fourth-order valence-electron chi connectivity index (χ4n) is 3.98. The summed E-state index contributed by atoms with van der Waals surface area (Å²) >= 11 is 0. The van der Waals surface area contributed by atoms with E-state index in [0.29, 0.717) is 24.5 Å². The van der Waals surface area contributed by atoms with Crippen LogP contribution in [0.3, 0.4) is 0 Å². The van der Waals surface area contributed by atoms with Crippen molar-refractivity contribution >= 4 is 10.0 Å².